The Balaban J connectivity index is 1.56. The fraction of sp³-hybridized carbons (Fsp3) is 0.450. The Labute approximate surface area is 154 Å². The molecule has 134 valence electrons. The first-order valence-electron chi connectivity index (χ1n) is 8.94. The highest BCUT2D eigenvalue weighted by atomic mass is 32.2. The van der Waals surface area contributed by atoms with Gasteiger partial charge >= 0.3 is 0 Å². The molecule has 2 aromatic rings. The van der Waals surface area contributed by atoms with Crippen molar-refractivity contribution in [2.75, 3.05) is 38.2 Å². The van der Waals surface area contributed by atoms with Crippen molar-refractivity contribution in [1.29, 1.82) is 0 Å². The summed E-state index contributed by atoms with van der Waals surface area (Å²) in [5.41, 5.74) is 1.34. The second-order valence-electron chi connectivity index (χ2n) is 6.51. The molecule has 0 N–H and O–H groups in total. The third kappa shape index (κ3) is 4.89. The first kappa shape index (κ1) is 18.1. The number of nitrogens with zero attached hydrogens (tertiary/aromatic N) is 3. The first-order chi connectivity index (χ1) is 12.3. The lowest BCUT2D eigenvalue weighted by Gasteiger charge is -2.36. The fourth-order valence-corrected chi connectivity index (χ4v) is 3.82. The van der Waals surface area contributed by atoms with Gasteiger partial charge in [0.25, 0.3) is 0 Å². The molecule has 0 unspecified atom stereocenters. The maximum atomic E-state index is 13.0. The van der Waals surface area contributed by atoms with Gasteiger partial charge in [-0.15, -0.1) is 0 Å². The molecule has 1 aliphatic heterocycles. The van der Waals surface area contributed by atoms with E-state index in [2.05, 4.69) is 46.1 Å². The summed E-state index contributed by atoms with van der Waals surface area (Å²) in [5.74, 6) is 1.27. The van der Waals surface area contributed by atoms with Crippen molar-refractivity contribution in [3.8, 4) is 0 Å². The maximum absolute atomic E-state index is 13.0. The zero-order chi connectivity index (χ0) is 17.5. The molecule has 2 heterocycles. The molecule has 0 spiro atoms. The number of piperazine rings is 1. The SMILES string of the molecule is CSCC[C@@H](C(=O)N1CCN(Cc2ccccc2)CC1)n1cccc1. The predicted octanol–water partition coefficient (Wildman–Crippen LogP) is 3.13. The molecular weight excluding hydrogens is 330 g/mol. The fourth-order valence-electron chi connectivity index (χ4n) is 3.36. The molecule has 0 saturated carbocycles. The molecule has 1 aliphatic rings. The van der Waals surface area contributed by atoms with Gasteiger partial charge in [-0.25, -0.2) is 0 Å². The molecule has 0 radical (unpaired) electrons. The Morgan fingerprint density at radius 1 is 1.04 bits per heavy atom. The van der Waals surface area contributed by atoms with E-state index in [-0.39, 0.29) is 11.9 Å². The summed E-state index contributed by atoms with van der Waals surface area (Å²) in [4.78, 5) is 17.5. The zero-order valence-corrected chi connectivity index (χ0v) is 15.7. The topological polar surface area (TPSA) is 28.5 Å². The van der Waals surface area contributed by atoms with E-state index in [1.54, 1.807) is 11.8 Å². The van der Waals surface area contributed by atoms with E-state index >= 15 is 0 Å². The van der Waals surface area contributed by atoms with Crippen LogP contribution in [0.3, 0.4) is 0 Å². The smallest absolute Gasteiger partial charge is 0.245 e. The van der Waals surface area contributed by atoms with Crippen molar-refractivity contribution in [2.24, 2.45) is 0 Å². The number of thioether (sulfide) groups is 1. The molecule has 1 saturated heterocycles. The summed E-state index contributed by atoms with van der Waals surface area (Å²) < 4.78 is 2.06. The Morgan fingerprint density at radius 2 is 1.72 bits per heavy atom. The van der Waals surface area contributed by atoms with Crippen LogP contribution < -0.4 is 0 Å². The van der Waals surface area contributed by atoms with Gasteiger partial charge in [-0.05, 0) is 36.1 Å². The van der Waals surface area contributed by atoms with Crippen LogP contribution in [0.15, 0.2) is 54.9 Å². The highest BCUT2D eigenvalue weighted by Crippen LogP contribution is 2.19. The van der Waals surface area contributed by atoms with Crippen molar-refractivity contribution < 1.29 is 4.79 Å². The minimum Gasteiger partial charge on any atom is -0.342 e. The summed E-state index contributed by atoms with van der Waals surface area (Å²) in [5, 5.41) is 0. The van der Waals surface area contributed by atoms with Crippen molar-refractivity contribution in [1.82, 2.24) is 14.4 Å². The van der Waals surface area contributed by atoms with Crippen LogP contribution in [-0.4, -0.2) is 58.5 Å². The monoisotopic (exact) mass is 357 g/mol. The summed E-state index contributed by atoms with van der Waals surface area (Å²) in [6.07, 6.45) is 7.00. The van der Waals surface area contributed by atoms with Gasteiger partial charge in [-0.1, -0.05) is 30.3 Å². The minimum atomic E-state index is -0.0666. The van der Waals surface area contributed by atoms with Gasteiger partial charge in [-0.3, -0.25) is 9.69 Å². The average Bonchev–Trinajstić information content (AvgIpc) is 3.18. The molecule has 0 aliphatic carbocycles. The lowest BCUT2D eigenvalue weighted by molar-refractivity contribution is -0.136. The molecule has 3 rings (SSSR count). The lowest BCUT2D eigenvalue weighted by Crippen LogP contribution is -2.50. The molecular formula is C20H27N3OS. The number of aromatic nitrogens is 1. The van der Waals surface area contributed by atoms with Crippen molar-refractivity contribution in [3.05, 3.63) is 60.4 Å². The number of carbonyl (C=O) groups excluding carboxylic acids is 1. The number of benzene rings is 1. The lowest BCUT2D eigenvalue weighted by atomic mass is 10.1. The first-order valence-corrected chi connectivity index (χ1v) is 10.3. The normalized spacial score (nSPS) is 16.8. The Bertz CT molecular complexity index is 636. The van der Waals surface area contributed by atoms with Crippen molar-refractivity contribution >= 4 is 17.7 Å². The Hall–Kier alpha value is -1.72. The van der Waals surface area contributed by atoms with Gasteiger partial charge < -0.3 is 9.47 Å². The van der Waals surface area contributed by atoms with Gasteiger partial charge in [0.15, 0.2) is 0 Å². The van der Waals surface area contributed by atoms with Crippen LogP contribution in [0.1, 0.15) is 18.0 Å². The van der Waals surface area contributed by atoms with Crippen LogP contribution in [0, 0.1) is 0 Å². The van der Waals surface area contributed by atoms with E-state index in [0.717, 1.165) is 44.9 Å². The van der Waals surface area contributed by atoms with E-state index < -0.39 is 0 Å². The molecule has 1 fully saturated rings. The number of carbonyl (C=O) groups is 1. The largest absolute Gasteiger partial charge is 0.342 e. The van der Waals surface area contributed by atoms with Crippen molar-refractivity contribution in [3.63, 3.8) is 0 Å². The van der Waals surface area contributed by atoms with Crippen LogP contribution in [-0.2, 0) is 11.3 Å². The van der Waals surface area contributed by atoms with Gasteiger partial charge in [0.1, 0.15) is 6.04 Å². The van der Waals surface area contributed by atoms with E-state index in [9.17, 15) is 4.79 Å². The van der Waals surface area contributed by atoms with Crippen molar-refractivity contribution in [2.45, 2.75) is 19.0 Å². The Kier molecular flexibility index (Phi) is 6.59. The van der Waals surface area contributed by atoms with E-state index in [4.69, 9.17) is 0 Å². The molecule has 25 heavy (non-hydrogen) atoms. The number of rotatable bonds is 7. The standard InChI is InChI=1S/C20H27N3OS/c1-25-16-9-19(22-10-5-6-11-22)20(24)23-14-12-21(13-15-23)17-18-7-3-2-4-8-18/h2-8,10-11,19H,9,12-17H2,1H3/t19-/m0/s1. The molecule has 1 amide bonds. The third-order valence-corrected chi connectivity index (χ3v) is 5.44. The highest BCUT2D eigenvalue weighted by molar-refractivity contribution is 7.98. The van der Waals surface area contributed by atoms with Gasteiger partial charge in [0.05, 0.1) is 0 Å². The predicted molar refractivity (Wildman–Crippen MR) is 105 cm³/mol. The molecule has 4 nitrogen and oxygen atoms in total. The highest BCUT2D eigenvalue weighted by Gasteiger charge is 2.27. The van der Waals surface area contributed by atoms with Crippen LogP contribution in [0.2, 0.25) is 0 Å². The van der Waals surface area contributed by atoms with Gasteiger partial charge in [0, 0.05) is 45.1 Å². The molecule has 0 bridgehead atoms. The maximum Gasteiger partial charge on any atom is 0.245 e. The van der Waals surface area contributed by atoms with Crippen LogP contribution in [0.25, 0.3) is 0 Å². The van der Waals surface area contributed by atoms with E-state index in [0.29, 0.717) is 0 Å². The van der Waals surface area contributed by atoms with Crippen LogP contribution in [0.4, 0.5) is 0 Å². The van der Waals surface area contributed by atoms with Crippen LogP contribution in [0.5, 0.6) is 0 Å². The van der Waals surface area contributed by atoms with Gasteiger partial charge in [-0.2, -0.15) is 11.8 Å². The second kappa shape index (κ2) is 9.11. The summed E-state index contributed by atoms with van der Waals surface area (Å²) in [7, 11) is 0. The summed E-state index contributed by atoms with van der Waals surface area (Å²) >= 11 is 1.80. The Morgan fingerprint density at radius 3 is 2.36 bits per heavy atom. The van der Waals surface area contributed by atoms with E-state index in [1.807, 2.05) is 29.4 Å². The average molecular weight is 358 g/mol. The molecule has 1 aromatic carbocycles. The number of hydrogen-bond donors (Lipinski definition) is 0. The van der Waals surface area contributed by atoms with Gasteiger partial charge in [0.2, 0.25) is 5.91 Å². The number of hydrogen-bond acceptors (Lipinski definition) is 3. The van der Waals surface area contributed by atoms with E-state index in [1.165, 1.54) is 5.56 Å². The third-order valence-electron chi connectivity index (χ3n) is 4.80. The summed E-state index contributed by atoms with van der Waals surface area (Å²) in [6.45, 7) is 4.50. The molecule has 1 atom stereocenters. The minimum absolute atomic E-state index is 0.0666. The second-order valence-corrected chi connectivity index (χ2v) is 7.50. The zero-order valence-electron chi connectivity index (χ0n) is 14.9. The number of amides is 1. The molecule has 1 aromatic heterocycles. The van der Waals surface area contributed by atoms with Crippen LogP contribution >= 0.6 is 11.8 Å². The quantitative estimate of drug-likeness (QED) is 0.762. The molecule has 5 heteroatoms. The summed E-state index contributed by atoms with van der Waals surface area (Å²) in [6, 6.07) is 14.5.